The minimum Gasteiger partial charge on any atom is -0.468 e. The third-order valence-electron chi connectivity index (χ3n) is 4.25. The summed E-state index contributed by atoms with van der Waals surface area (Å²) in [5, 5.41) is 0. The zero-order chi connectivity index (χ0) is 13.7. The maximum absolute atomic E-state index is 12.4. The summed E-state index contributed by atoms with van der Waals surface area (Å²) in [5.74, 6) is 0.0232. The van der Waals surface area contributed by atoms with Gasteiger partial charge in [-0.3, -0.25) is 9.59 Å². The van der Waals surface area contributed by atoms with E-state index in [0.29, 0.717) is 0 Å². The summed E-state index contributed by atoms with van der Waals surface area (Å²) in [7, 11) is 1.36. The summed E-state index contributed by atoms with van der Waals surface area (Å²) >= 11 is 0. The molecule has 0 aliphatic heterocycles. The second-order valence-electron chi connectivity index (χ2n) is 5.77. The molecule has 1 saturated carbocycles. The van der Waals surface area contributed by atoms with Crippen molar-refractivity contribution in [3.05, 3.63) is 0 Å². The highest BCUT2D eigenvalue weighted by Gasteiger charge is 2.36. The van der Waals surface area contributed by atoms with Crippen molar-refractivity contribution < 1.29 is 14.3 Å². The number of carbonyl (C=O) groups excluding carboxylic acids is 2. The number of ketones is 1. The lowest BCUT2D eigenvalue weighted by molar-refractivity contribution is -0.152. The van der Waals surface area contributed by atoms with Gasteiger partial charge >= 0.3 is 5.97 Å². The van der Waals surface area contributed by atoms with Crippen molar-refractivity contribution in [2.45, 2.75) is 52.9 Å². The van der Waals surface area contributed by atoms with Gasteiger partial charge in [-0.2, -0.15) is 0 Å². The minimum atomic E-state index is -0.571. The molecule has 0 aromatic heterocycles. The lowest BCUT2D eigenvalue weighted by Gasteiger charge is -2.29. The maximum Gasteiger partial charge on any atom is 0.316 e. The van der Waals surface area contributed by atoms with Gasteiger partial charge in [-0.15, -0.1) is 0 Å². The van der Waals surface area contributed by atoms with Crippen molar-refractivity contribution in [1.82, 2.24) is 0 Å². The van der Waals surface area contributed by atoms with Crippen molar-refractivity contribution >= 4 is 11.8 Å². The first-order chi connectivity index (χ1) is 8.51. The van der Waals surface area contributed by atoms with Crippen molar-refractivity contribution in [3.8, 4) is 0 Å². The highest BCUT2D eigenvalue weighted by atomic mass is 16.5. The van der Waals surface area contributed by atoms with Crippen LogP contribution in [0.3, 0.4) is 0 Å². The number of esters is 1. The van der Waals surface area contributed by atoms with Crippen LogP contribution < -0.4 is 0 Å². The van der Waals surface area contributed by atoms with Crippen molar-refractivity contribution in [1.29, 1.82) is 0 Å². The molecule has 1 aliphatic rings. The van der Waals surface area contributed by atoms with Crippen LogP contribution in [0.2, 0.25) is 0 Å². The van der Waals surface area contributed by atoms with Gasteiger partial charge in [-0.05, 0) is 37.5 Å². The number of ether oxygens (including phenoxy) is 1. The lowest BCUT2D eigenvalue weighted by atomic mass is 9.74. The van der Waals surface area contributed by atoms with E-state index in [-0.39, 0.29) is 23.6 Å². The van der Waals surface area contributed by atoms with Crippen molar-refractivity contribution in [2.75, 3.05) is 7.11 Å². The molecule has 0 amide bonds. The molecule has 0 saturated heterocycles. The number of methoxy groups -OCH3 is 1. The number of Topliss-reactive ketones (excluding diaryl/α,β-unsaturated/α-hetero) is 1. The Hall–Kier alpha value is -0.860. The Morgan fingerprint density at radius 1 is 1.17 bits per heavy atom. The van der Waals surface area contributed by atoms with E-state index >= 15 is 0 Å². The molecular formula is C15H26O3. The summed E-state index contributed by atoms with van der Waals surface area (Å²) in [6.07, 6.45) is 5.33. The van der Waals surface area contributed by atoms with Crippen LogP contribution in [0.15, 0.2) is 0 Å². The average molecular weight is 254 g/mol. The predicted molar refractivity (Wildman–Crippen MR) is 71.1 cm³/mol. The zero-order valence-corrected chi connectivity index (χ0v) is 12.1. The third-order valence-corrected chi connectivity index (χ3v) is 4.25. The van der Waals surface area contributed by atoms with Gasteiger partial charge in [-0.1, -0.05) is 27.2 Å². The van der Waals surface area contributed by atoms with Gasteiger partial charge in [0.25, 0.3) is 0 Å². The van der Waals surface area contributed by atoms with Gasteiger partial charge in [0, 0.05) is 5.92 Å². The first-order valence-corrected chi connectivity index (χ1v) is 7.12. The van der Waals surface area contributed by atoms with E-state index in [2.05, 4.69) is 6.92 Å². The molecule has 1 rings (SSSR count). The Bertz CT molecular complexity index is 288. The molecule has 0 N–H and O–H groups in total. The summed E-state index contributed by atoms with van der Waals surface area (Å²) in [5.41, 5.74) is 0. The topological polar surface area (TPSA) is 43.4 Å². The fraction of sp³-hybridized carbons (Fsp3) is 0.867. The molecule has 0 radical (unpaired) electrons. The van der Waals surface area contributed by atoms with Crippen LogP contribution in [0.1, 0.15) is 52.9 Å². The Morgan fingerprint density at radius 3 is 2.11 bits per heavy atom. The van der Waals surface area contributed by atoms with Gasteiger partial charge in [-0.25, -0.2) is 0 Å². The van der Waals surface area contributed by atoms with E-state index in [9.17, 15) is 9.59 Å². The highest BCUT2D eigenvalue weighted by Crippen LogP contribution is 2.33. The number of carbonyl (C=O) groups is 2. The Morgan fingerprint density at radius 2 is 1.72 bits per heavy atom. The molecule has 1 aliphatic carbocycles. The number of hydrogen-bond acceptors (Lipinski definition) is 3. The van der Waals surface area contributed by atoms with Gasteiger partial charge in [0.15, 0.2) is 0 Å². The molecule has 1 unspecified atom stereocenters. The van der Waals surface area contributed by atoms with Crippen LogP contribution in [-0.4, -0.2) is 18.9 Å². The van der Waals surface area contributed by atoms with Crippen molar-refractivity contribution in [2.24, 2.45) is 23.7 Å². The van der Waals surface area contributed by atoms with E-state index in [4.69, 9.17) is 4.74 Å². The van der Waals surface area contributed by atoms with Gasteiger partial charge < -0.3 is 4.74 Å². The van der Waals surface area contributed by atoms with E-state index in [0.717, 1.165) is 31.6 Å². The Balaban J connectivity index is 2.64. The zero-order valence-electron chi connectivity index (χ0n) is 12.1. The molecule has 104 valence electrons. The van der Waals surface area contributed by atoms with Crippen LogP contribution in [0.25, 0.3) is 0 Å². The van der Waals surface area contributed by atoms with Gasteiger partial charge in [0.1, 0.15) is 11.7 Å². The quantitative estimate of drug-likeness (QED) is 0.559. The fourth-order valence-corrected chi connectivity index (χ4v) is 2.95. The molecule has 0 aromatic rings. The maximum atomic E-state index is 12.4. The van der Waals surface area contributed by atoms with Crippen LogP contribution in [0.4, 0.5) is 0 Å². The monoisotopic (exact) mass is 254 g/mol. The molecule has 18 heavy (non-hydrogen) atoms. The molecule has 0 heterocycles. The van der Waals surface area contributed by atoms with Gasteiger partial charge in [0.2, 0.25) is 0 Å². The highest BCUT2D eigenvalue weighted by molar-refractivity contribution is 6.00. The Labute approximate surface area is 110 Å². The first kappa shape index (κ1) is 15.2. The molecule has 0 spiro atoms. The fourth-order valence-electron chi connectivity index (χ4n) is 2.95. The second kappa shape index (κ2) is 6.91. The molecule has 3 nitrogen and oxygen atoms in total. The predicted octanol–water partition coefficient (Wildman–Crippen LogP) is 3.22. The normalized spacial score (nSPS) is 25.8. The summed E-state index contributed by atoms with van der Waals surface area (Å²) < 4.78 is 4.77. The average Bonchev–Trinajstić information content (AvgIpc) is 2.38. The van der Waals surface area contributed by atoms with Gasteiger partial charge in [0.05, 0.1) is 7.11 Å². The van der Waals surface area contributed by atoms with E-state index in [1.807, 2.05) is 13.8 Å². The van der Waals surface area contributed by atoms with Crippen LogP contribution >= 0.6 is 0 Å². The second-order valence-corrected chi connectivity index (χ2v) is 5.77. The minimum absolute atomic E-state index is 0.0221. The summed E-state index contributed by atoms with van der Waals surface area (Å²) in [6.45, 7) is 6.03. The van der Waals surface area contributed by atoms with E-state index in [1.165, 1.54) is 13.5 Å². The molecular weight excluding hydrogens is 228 g/mol. The van der Waals surface area contributed by atoms with Crippen molar-refractivity contribution in [3.63, 3.8) is 0 Å². The molecule has 0 bridgehead atoms. The third kappa shape index (κ3) is 3.56. The Kier molecular flexibility index (Phi) is 5.83. The van der Waals surface area contributed by atoms with E-state index in [1.54, 1.807) is 0 Å². The standard InChI is InChI=1S/C15H26O3/c1-5-11-6-8-12(9-7-11)14(16)13(10(2)3)15(17)18-4/h10-13H,5-9H2,1-4H3. The summed E-state index contributed by atoms with van der Waals surface area (Å²) in [6, 6.07) is 0. The molecule has 0 aromatic carbocycles. The SMILES string of the molecule is CCC1CCC(C(=O)C(C(=O)OC)C(C)C)CC1. The lowest BCUT2D eigenvalue weighted by Crippen LogP contribution is -2.36. The number of rotatable bonds is 5. The van der Waals surface area contributed by atoms with Crippen LogP contribution in [0, 0.1) is 23.7 Å². The van der Waals surface area contributed by atoms with Crippen LogP contribution in [0.5, 0.6) is 0 Å². The molecule has 3 heteroatoms. The summed E-state index contributed by atoms with van der Waals surface area (Å²) in [4.78, 5) is 24.1. The molecule has 1 fully saturated rings. The first-order valence-electron chi connectivity index (χ1n) is 7.12. The molecule has 1 atom stereocenters. The van der Waals surface area contributed by atoms with E-state index < -0.39 is 5.92 Å². The largest absolute Gasteiger partial charge is 0.468 e. The van der Waals surface area contributed by atoms with Crippen LogP contribution in [-0.2, 0) is 14.3 Å². The number of hydrogen-bond donors (Lipinski definition) is 0. The smallest absolute Gasteiger partial charge is 0.316 e.